The summed E-state index contributed by atoms with van der Waals surface area (Å²) in [4.78, 5) is 3.56. The Morgan fingerprint density at radius 1 is 1.44 bits per heavy atom. The maximum Gasteiger partial charge on any atom is 0.434 e. The van der Waals surface area contributed by atoms with E-state index in [9.17, 15) is 13.2 Å². The minimum absolute atomic E-state index is 0.387. The molecule has 3 nitrogen and oxygen atoms in total. The van der Waals surface area contributed by atoms with Crippen molar-refractivity contribution in [2.24, 2.45) is 0 Å². The maximum absolute atomic E-state index is 12.5. The van der Waals surface area contributed by atoms with Crippen molar-refractivity contribution < 1.29 is 17.9 Å². The summed E-state index contributed by atoms with van der Waals surface area (Å²) in [5.74, 6) is 0. The number of alkyl halides is 3. The fourth-order valence-corrected chi connectivity index (χ4v) is 4.53. The van der Waals surface area contributed by atoms with E-state index in [2.05, 4.69) is 18.1 Å². The SMILES string of the molecule is COCC[Si](C)(C)Cn1cc(C(F)(F)F)nc1I. The molecular formula is C10H16F3IN2OSi. The Bertz CT molecular complexity index is 406. The number of nitrogens with zero attached hydrogens (tertiary/aromatic N) is 2. The van der Waals surface area contributed by atoms with E-state index >= 15 is 0 Å². The largest absolute Gasteiger partial charge is 0.434 e. The van der Waals surface area contributed by atoms with E-state index in [1.54, 1.807) is 11.7 Å². The lowest BCUT2D eigenvalue weighted by atomic mass is 10.5. The summed E-state index contributed by atoms with van der Waals surface area (Å²) in [7, 11) is 0.0157. The molecule has 8 heteroatoms. The third-order valence-corrected chi connectivity index (χ3v) is 6.21. The number of rotatable bonds is 5. The first kappa shape index (κ1) is 16.0. The molecule has 0 spiro atoms. The molecule has 104 valence electrons. The first-order valence-corrected chi connectivity index (χ1v) is 9.94. The van der Waals surface area contributed by atoms with Crippen LogP contribution in [0.25, 0.3) is 0 Å². The number of aromatic nitrogens is 2. The average molecular weight is 392 g/mol. The summed E-state index contributed by atoms with van der Waals surface area (Å²) in [6, 6.07) is 0.916. The molecule has 0 aliphatic heterocycles. The van der Waals surface area contributed by atoms with E-state index in [1.807, 2.05) is 22.6 Å². The van der Waals surface area contributed by atoms with Crippen molar-refractivity contribution in [3.05, 3.63) is 15.7 Å². The van der Waals surface area contributed by atoms with Crippen LogP contribution in [0.3, 0.4) is 0 Å². The van der Waals surface area contributed by atoms with Crippen LogP contribution < -0.4 is 0 Å². The summed E-state index contributed by atoms with van der Waals surface area (Å²) in [6.45, 7) is 4.92. The molecule has 1 aromatic rings. The van der Waals surface area contributed by atoms with Crippen molar-refractivity contribution in [1.29, 1.82) is 0 Å². The smallest absolute Gasteiger partial charge is 0.385 e. The molecule has 1 rings (SSSR count). The third-order valence-electron chi connectivity index (χ3n) is 2.60. The van der Waals surface area contributed by atoms with Gasteiger partial charge in [-0.25, -0.2) is 4.98 Å². The summed E-state index contributed by atoms with van der Waals surface area (Å²) in [5, 5.41) is 0. The summed E-state index contributed by atoms with van der Waals surface area (Å²) >= 11 is 1.84. The highest BCUT2D eigenvalue weighted by atomic mass is 127. The summed E-state index contributed by atoms with van der Waals surface area (Å²) in [5.41, 5.74) is -0.816. The monoisotopic (exact) mass is 392 g/mol. The van der Waals surface area contributed by atoms with E-state index in [-0.39, 0.29) is 0 Å². The molecule has 1 aromatic heterocycles. The Hall–Kier alpha value is -0.0931. The maximum atomic E-state index is 12.5. The molecule has 0 atom stereocenters. The molecule has 18 heavy (non-hydrogen) atoms. The van der Waals surface area contributed by atoms with Crippen LogP contribution in [0.15, 0.2) is 6.20 Å². The molecule has 0 saturated heterocycles. The van der Waals surface area contributed by atoms with E-state index in [0.29, 0.717) is 16.6 Å². The number of hydrogen-bond donors (Lipinski definition) is 0. The highest BCUT2D eigenvalue weighted by Gasteiger charge is 2.35. The van der Waals surface area contributed by atoms with Gasteiger partial charge < -0.3 is 9.30 Å². The van der Waals surface area contributed by atoms with Gasteiger partial charge in [-0.1, -0.05) is 13.1 Å². The minimum atomic E-state index is -4.37. The Morgan fingerprint density at radius 2 is 2.06 bits per heavy atom. The topological polar surface area (TPSA) is 27.1 Å². The van der Waals surface area contributed by atoms with Crippen LogP contribution in [0, 0.1) is 3.83 Å². The van der Waals surface area contributed by atoms with E-state index in [4.69, 9.17) is 4.74 Å². The molecule has 0 saturated carbocycles. The molecule has 0 aliphatic rings. The van der Waals surface area contributed by atoms with Crippen molar-refractivity contribution in [1.82, 2.24) is 9.55 Å². The predicted molar refractivity (Wildman–Crippen MR) is 74.1 cm³/mol. The molecule has 0 N–H and O–H groups in total. The van der Waals surface area contributed by atoms with Gasteiger partial charge in [-0.3, -0.25) is 0 Å². The summed E-state index contributed by atoms with van der Waals surface area (Å²) in [6.07, 6.45) is -2.65. The van der Waals surface area contributed by atoms with Gasteiger partial charge in [0, 0.05) is 26.1 Å². The highest BCUT2D eigenvalue weighted by molar-refractivity contribution is 14.1. The number of halogens is 4. The predicted octanol–water partition coefficient (Wildman–Crippen LogP) is 3.40. The Balaban J connectivity index is 2.82. The Labute approximate surface area is 119 Å². The zero-order valence-electron chi connectivity index (χ0n) is 10.5. The highest BCUT2D eigenvalue weighted by Crippen LogP contribution is 2.29. The lowest BCUT2D eigenvalue weighted by Crippen LogP contribution is -2.34. The quantitative estimate of drug-likeness (QED) is 0.568. The van der Waals surface area contributed by atoms with Gasteiger partial charge in [0.2, 0.25) is 0 Å². The van der Waals surface area contributed by atoms with E-state index in [0.717, 1.165) is 12.2 Å². The first-order valence-electron chi connectivity index (χ1n) is 5.44. The number of hydrogen-bond acceptors (Lipinski definition) is 2. The lowest BCUT2D eigenvalue weighted by Gasteiger charge is -2.22. The molecule has 0 fully saturated rings. The Morgan fingerprint density at radius 3 is 2.50 bits per heavy atom. The van der Waals surface area contributed by atoms with Gasteiger partial charge in [0.15, 0.2) is 9.53 Å². The van der Waals surface area contributed by atoms with Crippen molar-refractivity contribution in [2.75, 3.05) is 13.7 Å². The molecule has 0 amide bonds. The number of imidazole rings is 1. The molecule has 0 radical (unpaired) electrons. The van der Waals surface area contributed by atoms with Crippen molar-refractivity contribution in [3.8, 4) is 0 Å². The molecule has 0 aromatic carbocycles. The molecule has 0 unspecified atom stereocenters. The van der Waals surface area contributed by atoms with Gasteiger partial charge in [-0.05, 0) is 28.6 Å². The van der Waals surface area contributed by atoms with Crippen LogP contribution in [-0.4, -0.2) is 31.3 Å². The fraction of sp³-hybridized carbons (Fsp3) is 0.700. The standard InChI is InChI=1S/C10H16F3IN2OSi/c1-17-4-5-18(2,3)7-16-6-8(10(11,12)13)15-9(16)14/h6H,4-5,7H2,1-3H3. The zero-order chi connectivity index (χ0) is 14.0. The van der Waals surface area contributed by atoms with Gasteiger partial charge in [0.25, 0.3) is 0 Å². The van der Waals surface area contributed by atoms with E-state index in [1.165, 1.54) is 0 Å². The van der Waals surface area contributed by atoms with Gasteiger partial charge in [0.05, 0.1) is 8.07 Å². The fourth-order valence-electron chi connectivity index (χ4n) is 1.56. The average Bonchev–Trinajstić information content (AvgIpc) is 2.56. The van der Waals surface area contributed by atoms with Crippen LogP contribution in [0.5, 0.6) is 0 Å². The molecular weight excluding hydrogens is 376 g/mol. The van der Waals surface area contributed by atoms with Crippen molar-refractivity contribution in [3.63, 3.8) is 0 Å². The number of ether oxygens (including phenoxy) is 1. The van der Waals surface area contributed by atoms with Crippen LogP contribution in [0.1, 0.15) is 5.69 Å². The zero-order valence-corrected chi connectivity index (χ0v) is 13.7. The first-order chi connectivity index (χ1) is 8.15. The van der Waals surface area contributed by atoms with Crippen LogP contribution in [-0.2, 0) is 17.1 Å². The van der Waals surface area contributed by atoms with Gasteiger partial charge in [0.1, 0.15) is 0 Å². The van der Waals surface area contributed by atoms with Gasteiger partial charge in [-0.15, -0.1) is 0 Å². The molecule has 1 heterocycles. The van der Waals surface area contributed by atoms with Crippen molar-refractivity contribution in [2.45, 2.75) is 31.5 Å². The van der Waals surface area contributed by atoms with Crippen LogP contribution in [0.2, 0.25) is 19.1 Å². The van der Waals surface area contributed by atoms with Crippen molar-refractivity contribution >= 4 is 30.7 Å². The second-order valence-electron chi connectivity index (χ2n) is 4.93. The normalized spacial score (nSPS) is 13.1. The van der Waals surface area contributed by atoms with Crippen LogP contribution in [0.4, 0.5) is 13.2 Å². The molecule has 0 aliphatic carbocycles. The van der Waals surface area contributed by atoms with Gasteiger partial charge >= 0.3 is 6.18 Å². The van der Waals surface area contributed by atoms with Gasteiger partial charge in [-0.2, -0.15) is 13.2 Å². The molecule has 0 bridgehead atoms. The minimum Gasteiger partial charge on any atom is -0.385 e. The van der Waals surface area contributed by atoms with E-state index < -0.39 is 19.9 Å². The number of methoxy groups -OCH3 is 1. The van der Waals surface area contributed by atoms with Crippen LogP contribution >= 0.6 is 22.6 Å². The third kappa shape index (κ3) is 4.54. The lowest BCUT2D eigenvalue weighted by molar-refractivity contribution is -0.141. The summed E-state index contributed by atoms with van der Waals surface area (Å²) < 4.78 is 44.6. The second kappa shape index (κ2) is 5.91. The Kier molecular flexibility index (Phi) is 5.24. The second-order valence-corrected chi connectivity index (χ2v) is 11.0.